The van der Waals surface area contributed by atoms with E-state index in [0.717, 1.165) is 18.7 Å². The highest BCUT2D eigenvalue weighted by Gasteiger charge is 2.21. The van der Waals surface area contributed by atoms with E-state index in [-0.39, 0.29) is 10.8 Å². The molecule has 0 spiro atoms. The Morgan fingerprint density at radius 2 is 1.87 bits per heavy atom. The molecule has 1 aliphatic rings. The minimum Gasteiger partial charge on any atom is -0.367 e. The molecular formula is C22H21ClN4O3S. The monoisotopic (exact) mass is 456 g/mol. The Hall–Kier alpha value is -3.10. The Balaban J connectivity index is 1.50. The Bertz CT molecular complexity index is 1230. The number of nitrogens with one attached hydrogen (secondary N) is 3. The highest BCUT2D eigenvalue weighted by atomic mass is 35.5. The number of carbonyl (C=O) groups is 1. The van der Waals surface area contributed by atoms with Crippen LogP contribution in [-0.2, 0) is 10.0 Å². The van der Waals surface area contributed by atoms with Crippen molar-refractivity contribution in [3.8, 4) is 0 Å². The number of benzene rings is 2. The Kier molecular flexibility index (Phi) is 5.84. The van der Waals surface area contributed by atoms with Gasteiger partial charge < -0.3 is 10.6 Å². The Morgan fingerprint density at radius 1 is 1.06 bits per heavy atom. The smallest absolute Gasteiger partial charge is 0.262 e. The summed E-state index contributed by atoms with van der Waals surface area (Å²) in [5.74, 6) is 0.357. The maximum Gasteiger partial charge on any atom is 0.262 e. The van der Waals surface area contributed by atoms with Gasteiger partial charge >= 0.3 is 0 Å². The zero-order valence-electron chi connectivity index (χ0n) is 16.7. The van der Waals surface area contributed by atoms with Crippen LogP contribution < -0.4 is 15.4 Å². The number of pyridine rings is 1. The lowest BCUT2D eigenvalue weighted by molar-refractivity contribution is 0.102. The predicted molar refractivity (Wildman–Crippen MR) is 122 cm³/mol. The van der Waals surface area contributed by atoms with Gasteiger partial charge in [-0.05, 0) is 67.8 Å². The minimum absolute atomic E-state index is 0.0624. The fourth-order valence-electron chi connectivity index (χ4n) is 2.98. The molecular weight excluding hydrogens is 436 g/mol. The van der Waals surface area contributed by atoms with Crippen LogP contribution in [-0.4, -0.2) is 25.4 Å². The Morgan fingerprint density at radius 3 is 2.55 bits per heavy atom. The molecule has 9 heteroatoms. The van der Waals surface area contributed by atoms with Crippen LogP contribution in [0.5, 0.6) is 0 Å². The molecule has 3 aromatic rings. The molecule has 0 saturated heterocycles. The van der Waals surface area contributed by atoms with Crippen LogP contribution in [0.1, 0.15) is 28.8 Å². The average Bonchev–Trinajstić information content (AvgIpc) is 3.53. The lowest BCUT2D eigenvalue weighted by atomic mass is 10.2. The van der Waals surface area contributed by atoms with E-state index in [9.17, 15) is 13.2 Å². The third kappa shape index (κ3) is 5.34. The third-order valence-corrected chi connectivity index (χ3v) is 6.53. The van der Waals surface area contributed by atoms with Crippen LogP contribution in [0.25, 0.3) is 0 Å². The van der Waals surface area contributed by atoms with E-state index in [2.05, 4.69) is 20.3 Å². The fourth-order valence-corrected chi connectivity index (χ4v) is 4.49. The van der Waals surface area contributed by atoms with Crippen molar-refractivity contribution in [2.45, 2.75) is 30.7 Å². The second kappa shape index (κ2) is 8.56. The summed E-state index contributed by atoms with van der Waals surface area (Å²) < 4.78 is 28.3. The summed E-state index contributed by atoms with van der Waals surface area (Å²) in [4.78, 5) is 16.9. The first-order chi connectivity index (χ1) is 14.8. The van der Waals surface area contributed by atoms with Gasteiger partial charge in [-0.3, -0.25) is 9.52 Å². The largest absolute Gasteiger partial charge is 0.367 e. The number of amides is 1. The van der Waals surface area contributed by atoms with Gasteiger partial charge in [0.05, 0.1) is 16.1 Å². The van der Waals surface area contributed by atoms with Crippen molar-refractivity contribution < 1.29 is 13.2 Å². The van der Waals surface area contributed by atoms with Gasteiger partial charge in [0.1, 0.15) is 5.82 Å². The maximum atomic E-state index is 12.9. The number of halogens is 1. The molecule has 31 heavy (non-hydrogen) atoms. The number of nitrogens with zero attached hydrogens (tertiary/aromatic N) is 1. The normalized spacial score (nSPS) is 13.5. The summed E-state index contributed by atoms with van der Waals surface area (Å²) in [7, 11) is -3.88. The van der Waals surface area contributed by atoms with E-state index < -0.39 is 10.0 Å². The number of anilines is 3. The molecule has 1 aromatic heterocycles. The molecule has 1 aliphatic carbocycles. The van der Waals surface area contributed by atoms with Crippen molar-refractivity contribution in [1.29, 1.82) is 0 Å². The average molecular weight is 457 g/mol. The van der Waals surface area contributed by atoms with Gasteiger partial charge in [-0.15, -0.1) is 0 Å². The maximum absolute atomic E-state index is 12.9. The predicted octanol–water partition coefficient (Wildman–Crippen LogP) is 4.67. The summed E-state index contributed by atoms with van der Waals surface area (Å²) in [6.45, 7) is 1.69. The number of hydrogen-bond donors (Lipinski definition) is 3. The standard InChI is InChI=1S/C22H21ClN4O3S/c1-14-5-7-18(12-20(14)31(29,30)27-19-4-2-3-16(23)11-19)26-22(28)15-6-10-21(24-13-15)25-17-8-9-17/h2-7,10-13,17,27H,8-9H2,1H3,(H,24,25)(H,26,28). The van der Waals surface area contributed by atoms with E-state index in [1.54, 1.807) is 49.4 Å². The molecule has 0 unspecified atom stereocenters. The molecule has 2 aromatic carbocycles. The van der Waals surface area contributed by atoms with Crippen molar-refractivity contribution in [3.05, 3.63) is 76.9 Å². The molecule has 4 rings (SSSR count). The van der Waals surface area contributed by atoms with Gasteiger partial charge in [-0.25, -0.2) is 13.4 Å². The van der Waals surface area contributed by atoms with Crippen LogP contribution >= 0.6 is 11.6 Å². The van der Waals surface area contributed by atoms with Crippen LogP contribution in [0.2, 0.25) is 5.02 Å². The van der Waals surface area contributed by atoms with Crippen molar-refractivity contribution in [2.75, 3.05) is 15.4 Å². The third-order valence-electron chi connectivity index (χ3n) is 4.77. The van der Waals surface area contributed by atoms with Gasteiger partial charge in [0.15, 0.2) is 0 Å². The number of hydrogen-bond acceptors (Lipinski definition) is 5. The lowest BCUT2D eigenvalue weighted by Crippen LogP contribution is -2.16. The van der Waals surface area contributed by atoms with Crippen LogP contribution in [0, 0.1) is 6.92 Å². The van der Waals surface area contributed by atoms with Crippen LogP contribution in [0.3, 0.4) is 0 Å². The lowest BCUT2D eigenvalue weighted by Gasteiger charge is -2.13. The van der Waals surface area contributed by atoms with Crippen molar-refractivity contribution in [1.82, 2.24) is 4.98 Å². The number of sulfonamides is 1. The number of rotatable bonds is 7. The van der Waals surface area contributed by atoms with Crippen molar-refractivity contribution in [2.24, 2.45) is 0 Å². The van der Waals surface area contributed by atoms with Gasteiger partial charge in [-0.1, -0.05) is 23.7 Å². The molecule has 160 valence electrons. The van der Waals surface area contributed by atoms with E-state index >= 15 is 0 Å². The summed E-state index contributed by atoms with van der Waals surface area (Å²) >= 11 is 5.94. The van der Waals surface area contributed by atoms with E-state index in [4.69, 9.17) is 11.6 Å². The summed E-state index contributed by atoms with van der Waals surface area (Å²) in [6, 6.07) is 15.1. The van der Waals surface area contributed by atoms with Gasteiger partial charge in [0.25, 0.3) is 15.9 Å². The summed E-state index contributed by atoms with van der Waals surface area (Å²) in [5.41, 5.74) is 1.64. The molecule has 1 heterocycles. The van der Waals surface area contributed by atoms with Gasteiger partial charge in [0.2, 0.25) is 0 Å². The van der Waals surface area contributed by atoms with Crippen LogP contribution in [0.4, 0.5) is 17.2 Å². The van der Waals surface area contributed by atoms with Crippen molar-refractivity contribution >= 4 is 44.7 Å². The van der Waals surface area contributed by atoms with E-state index in [1.165, 1.54) is 18.3 Å². The highest BCUT2D eigenvalue weighted by Crippen LogP contribution is 2.25. The SMILES string of the molecule is Cc1ccc(NC(=O)c2ccc(NC3CC3)nc2)cc1S(=O)(=O)Nc1cccc(Cl)c1. The molecule has 1 fully saturated rings. The summed E-state index contributed by atoms with van der Waals surface area (Å²) in [6.07, 6.45) is 3.76. The van der Waals surface area contributed by atoms with Gasteiger partial charge in [0, 0.05) is 22.9 Å². The molecule has 0 atom stereocenters. The molecule has 3 N–H and O–H groups in total. The van der Waals surface area contributed by atoms with Crippen LogP contribution in [0.15, 0.2) is 65.7 Å². The number of aryl methyl sites for hydroxylation is 1. The number of aromatic nitrogens is 1. The first-order valence-electron chi connectivity index (χ1n) is 9.73. The van der Waals surface area contributed by atoms with Gasteiger partial charge in [-0.2, -0.15) is 0 Å². The zero-order chi connectivity index (χ0) is 22.0. The number of carbonyl (C=O) groups excluding carboxylic acids is 1. The fraction of sp³-hybridized carbons (Fsp3) is 0.182. The molecule has 0 bridgehead atoms. The topological polar surface area (TPSA) is 100 Å². The Labute approximate surface area is 185 Å². The second-order valence-corrected chi connectivity index (χ2v) is 9.49. The van der Waals surface area contributed by atoms with E-state index in [0.29, 0.717) is 33.6 Å². The first kappa shape index (κ1) is 21.1. The second-order valence-electron chi connectivity index (χ2n) is 7.40. The molecule has 1 saturated carbocycles. The highest BCUT2D eigenvalue weighted by molar-refractivity contribution is 7.92. The molecule has 1 amide bonds. The minimum atomic E-state index is -3.88. The van der Waals surface area contributed by atoms with E-state index in [1.807, 2.05) is 0 Å². The molecule has 0 radical (unpaired) electrons. The summed E-state index contributed by atoms with van der Waals surface area (Å²) in [5, 5.41) is 6.41. The quantitative estimate of drug-likeness (QED) is 0.479. The molecule has 0 aliphatic heterocycles. The first-order valence-corrected chi connectivity index (χ1v) is 11.6. The zero-order valence-corrected chi connectivity index (χ0v) is 18.3. The molecule has 7 nitrogen and oxygen atoms in total. The van der Waals surface area contributed by atoms with Crippen molar-refractivity contribution in [3.63, 3.8) is 0 Å².